The number of hydrogen-bond donors (Lipinski definition) is 2. The molecule has 0 heterocycles. The quantitative estimate of drug-likeness (QED) is 0.747. The van der Waals surface area contributed by atoms with Crippen LogP contribution in [0.5, 0.6) is 0 Å². The van der Waals surface area contributed by atoms with E-state index in [2.05, 4.69) is 0 Å². The first-order valence-corrected chi connectivity index (χ1v) is 12.1. The molecule has 0 saturated heterocycles. The molecule has 0 aromatic heterocycles. The molecule has 0 spiro atoms. The molecule has 0 aromatic rings. The lowest BCUT2D eigenvalue weighted by molar-refractivity contribution is 0.0112. The smallest absolute Gasteiger partial charge is 0.0497 e. The van der Waals surface area contributed by atoms with Crippen LogP contribution in [-0.4, -0.2) is 36.6 Å². The van der Waals surface area contributed by atoms with Crippen LogP contribution in [0.3, 0.4) is 0 Å². The van der Waals surface area contributed by atoms with Crippen molar-refractivity contribution in [3.63, 3.8) is 0 Å². The fourth-order valence-corrected chi connectivity index (χ4v) is 9.94. The summed E-state index contributed by atoms with van der Waals surface area (Å²) >= 11 is 0. The Kier molecular flexibility index (Phi) is 4.40. The van der Waals surface area contributed by atoms with Crippen LogP contribution in [0, 0.1) is 71.0 Å². The predicted molar refractivity (Wildman–Crippen MR) is 104 cm³/mol. The van der Waals surface area contributed by atoms with E-state index in [0.717, 1.165) is 72.4 Å². The zero-order chi connectivity index (χ0) is 18.1. The van der Waals surface area contributed by atoms with Crippen LogP contribution in [-0.2, 0) is 4.74 Å². The van der Waals surface area contributed by atoms with Crippen molar-refractivity contribution in [2.45, 2.75) is 51.4 Å². The maximum Gasteiger partial charge on any atom is 0.0497 e. The Balaban J connectivity index is 1.05. The van der Waals surface area contributed by atoms with E-state index in [1.807, 2.05) is 0 Å². The fraction of sp³-hybridized carbons (Fsp3) is 1.00. The second-order valence-electron chi connectivity index (χ2n) is 11.4. The van der Waals surface area contributed by atoms with Gasteiger partial charge in [-0.25, -0.2) is 0 Å². The maximum atomic E-state index is 9.75. The molecule has 0 aliphatic heterocycles. The van der Waals surface area contributed by atoms with Gasteiger partial charge in [-0.15, -0.1) is 0 Å². The van der Waals surface area contributed by atoms with Gasteiger partial charge in [0.15, 0.2) is 0 Å². The second-order valence-corrected chi connectivity index (χ2v) is 11.4. The molecule has 6 saturated carbocycles. The molecule has 12 unspecified atom stereocenters. The van der Waals surface area contributed by atoms with Gasteiger partial charge in [0.05, 0.1) is 0 Å². The minimum atomic E-state index is 0.414. The molecule has 6 fully saturated rings. The highest BCUT2D eigenvalue weighted by atomic mass is 16.5. The van der Waals surface area contributed by atoms with Gasteiger partial charge in [-0.1, -0.05) is 0 Å². The number of aliphatic hydroxyl groups excluding tert-OH is 2. The SMILES string of the molecule is OCC1CC2CC1C1C(COCC3CCC4C5CC(CO)C(C5)C34)CCC21. The van der Waals surface area contributed by atoms with Gasteiger partial charge in [0.2, 0.25) is 0 Å². The van der Waals surface area contributed by atoms with Crippen LogP contribution in [0.25, 0.3) is 0 Å². The first-order valence-electron chi connectivity index (χ1n) is 12.1. The highest BCUT2D eigenvalue weighted by molar-refractivity contribution is 5.07. The Labute approximate surface area is 164 Å². The van der Waals surface area contributed by atoms with Crippen LogP contribution in [0.1, 0.15) is 51.4 Å². The van der Waals surface area contributed by atoms with E-state index in [4.69, 9.17) is 4.74 Å². The van der Waals surface area contributed by atoms with Crippen molar-refractivity contribution in [1.82, 2.24) is 0 Å². The van der Waals surface area contributed by atoms with E-state index in [1.165, 1.54) is 51.4 Å². The molecular weight excluding hydrogens is 336 g/mol. The van der Waals surface area contributed by atoms with Gasteiger partial charge in [0, 0.05) is 26.4 Å². The van der Waals surface area contributed by atoms with Crippen molar-refractivity contribution in [2.75, 3.05) is 26.4 Å². The third-order valence-corrected chi connectivity index (χ3v) is 10.7. The van der Waals surface area contributed by atoms with Gasteiger partial charge < -0.3 is 14.9 Å². The third-order valence-electron chi connectivity index (χ3n) is 10.7. The van der Waals surface area contributed by atoms with Crippen molar-refractivity contribution in [2.24, 2.45) is 71.0 Å². The predicted octanol–water partition coefficient (Wildman–Crippen LogP) is 3.58. The molecule has 3 nitrogen and oxygen atoms in total. The van der Waals surface area contributed by atoms with Gasteiger partial charge in [-0.05, 0) is 122 Å². The second kappa shape index (κ2) is 6.71. The Bertz CT molecular complexity index is 516. The lowest BCUT2D eigenvalue weighted by Gasteiger charge is -2.35. The summed E-state index contributed by atoms with van der Waals surface area (Å²) in [6.45, 7) is 2.79. The topological polar surface area (TPSA) is 49.7 Å². The average Bonchev–Trinajstić information content (AvgIpc) is 3.48. The molecule has 6 aliphatic rings. The van der Waals surface area contributed by atoms with Crippen molar-refractivity contribution >= 4 is 0 Å². The number of aliphatic hydroxyl groups is 2. The Hall–Kier alpha value is -0.120. The largest absolute Gasteiger partial charge is 0.396 e. The summed E-state index contributed by atoms with van der Waals surface area (Å²) in [5, 5.41) is 19.5. The summed E-state index contributed by atoms with van der Waals surface area (Å²) in [6, 6.07) is 0. The van der Waals surface area contributed by atoms with Crippen molar-refractivity contribution in [3.05, 3.63) is 0 Å². The first-order chi connectivity index (χ1) is 13.3. The van der Waals surface area contributed by atoms with Gasteiger partial charge in [-0.2, -0.15) is 0 Å². The summed E-state index contributed by atoms with van der Waals surface area (Å²) in [5.41, 5.74) is 0. The molecule has 6 rings (SSSR count). The Morgan fingerprint density at radius 2 is 1.04 bits per heavy atom. The summed E-state index contributed by atoms with van der Waals surface area (Å²) in [7, 11) is 0. The van der Waals surface area contributed by atoms with Gasteiger partial charge >= 0.3 is 0 Å². The molecule has 3 heteroatoms. The summed E-state index contributed by atoms with van der Waals surface area (Å²) in [4.78, 5) is 0. The molecule has 2 N–H and O–H groups in total. The minimum absolute atomic E-state index is 0.414. The van der Waals surface area contributed by atoms with Crippen LogP contribution < -0.4 is 0 Å². The summed E-state index contributed by atoms with van der Waals surface area (Å²) < 4.78 is 6.45. The number of hydrogen-bond acceptors (Lipinski definition) is 3. The molecule has 6 aliphatic carbocycles. The molecule has 4 bridgehead atoms. The molecule has 27 heavy (non-hydrogen) atoms. The van der Waals surface area contributed by atoms with Crippen molar-refractivity contribution < 1.29 is 14.9 Å². The molecular formula is C24H38O3. The van der Waals surface area contributed by atoms with E-state index in [0.29, 0.717) is 25.0 Å². The molecule has 152 valence electrons. The van der Waals surface area contributed by atoms with E-state index in [-0.39, 0.29) is 0 Å². The highest BCUT2D eigenvalue weighted by Crippen LogP contribution is 2.64. The first kappa shape index (κ1) is 17.7. The highest BCUT2D eigenvalue weighted by Gasteiger charge is 2.58. The van der Waals surface area contributed by atoms with Gasteiger partial charge in [0.25, 0.3) is 0 Å². The molecule has 0 radical (unpaired) electrons. The van der Waals surface area contributed by atoms with E-state index < -0.39 is 0 Å². The zero-order valence-corrected chi connectivity index (χ0v) is 16.7. The number of rotatable bonds is 6. The van der Waals surface area contributed by atoms with Crippen LogP contribution >= 0.6 is 0 Å². The monoisotopic (exact) mass is 374 g/mol. The van der Waals surface area contributed by atoms with Crippen molar-refractivity contribution in [1.29, 1.82) is 0 Å². The fourth-order valence-electron chi connectivity index (χ4n) is 9.94. The minimum Gasteiger partial charge on any atom is -0.396 e. The van der Waals surface area contributed by atoms with Gasteiger partial charge in [0.1, 0.15) is 0 Å². The Morgan fingerprint density at radius 1 is 0.556 bits per heavy atom. The maximum absolute atomic E-state index is 9.75. The summed E-state index contributed by atoms with van der Waals surface area (Å²) in [6.07, 6.45) is 11.0. The van der Waals surface area contributed by atoms with Crippen LogP contribution in [0.2, 0.25) is 0 Å². The standard InChI is InChI=1S/C24H38O3/c25-9-17-5-15-7-21(17)23-13(1-3-19(15)23)11-27-12-14-2-4-20-16-6-18(10-26)22(8-16)24(14)20/h13-26H,1-12H2. The average molecular weight is 375 g/mol. The third kappa shape index (κ3) is 2.56. The normalized spacial score (nSPS) is 57.6. The lowest BCUT2D eigenvalue weighted by atomic mass is 9.73. The van der Waals surface area contributed by atoms with Crippen LogP contribution in [0.15, 0.2) is 0 Å². The van der Waals surface area contributed by atoms with Crippen molar-refractivity contribution in [3.8, 4) is 0 Å². The molecule has 0 aromatic carbocycles. The van der Waals surface area contributed by atoms with E-state index in [1.54, 1.807) is 0 Å². The van der Waals surface area contributed by atoms with Crippen LogP contribution in [0.4, 0.5) is 0 Å². The van der Waals surface area contributed by atoms with E-state index >= 15 is 0 Å². The summed E-state index contributed by atoms with van der Waals surface area (Å²) in [5.74, 6) is 9.79. The van der Waals surface area contributed by atoms with E-state index in [9.17, 15) is 10.2 Å². The number of ether oxygens (including phenoxy) is 1. The molecule has 12 atom stereocenters. The Morgan fingerprint density at radius 3 is 1.48 bits per heavy atom. The zero-order valence-electron chi connectivity index (χ0n) is 16.7. The lowest BCUT2D eigenvalue weighted by Crippen LogP contribution is -2.33. The molecule has 0 amide bonds. The van der Waals surface area contributed by atoms with Gasteiger partial charge in [-0.3, -0.25) is 0 Å². The number of fused-ring (bicyclic) bond motifs is 10.